The Morgan fingerprint density at radius 2 is 1.88 bits per heavy atom. The minimum Gasteiger partial charge on any atom is -0.438 e. The molecule has 2 N–H and O–H groups in total. The first kappa shape index (κ1) is 21.4. The Labute approximate surface area is 187 Å². The average molecular weight is 472 g/mol. The van der Waals surface area contributed by atoms with E-state index in [9.17, 15) is 13.2 Å². The lowest BCUT2D eigenvalue weighted by molar-refractivity contribution is -0.114. The molecule has 11 nitrogen and oxygen atoms in total. The van der Waals surface area contributed by atoms with Crippen LogP contribution in [0.15, 0.2) is 59.1 Å². The van der Waals surface area contributed by atoms with Gasteiger partial charge in [0.25, 0.3) is 10.0 Å². The van der Waals surface area contributed by atoms with Crippen LogP contribution in [0.4, 0.5) is 10.8 Å². The molecule has 0 saturated heterocycles. The van der Waals surface area contributed by atoms with E-state index in [1.165, 1.54) is 13.1 Å². The molecule has 1 aromatic carbocycles. The molecule has 0 aliphatic carbocycles. The zero-order chi connectivity index (χ0) is 22.7. The highest BCUT2D eigenvalue weighted by Crippen LogP contribution is 2.26. The molecule has 0 saturated carbocycles. The van der Waals surface area contributed by atoms with Gasteiger partial charge in [0.15, 0.2) is 15.2 Å². The Morgan fingerprint density at radius 3 is 2.50 bits per heavy atom. The molecule has 32 heavy (non-hydrogen) atoms. The highest BCUT2D eigenvalue weighted by molar-refractivity contribution is 7.94. The first-order chi connectivity index (χ1) is 15.3. The second-order valence-electron chi connectivity index (χ2n) is 6.53. The van der Waals surface area contributed by atoms with Crippen molar-refractivity contribution in [2.45, 2.75) is 18.1 Å². The smallest absolute Gasteiger partial charge is 0.273 e. The summed E-state index contributed by atoms with van der Waals surface area (Å²) in [7, 11) is -3.85. The van der Waals surface area contributed by atoms with Gasteiger partial charge in [0, 0.05) is 24.9 Å². The van der Waals surface area contributed by atoms with Crippen molar-refractivity contribution in [1.29, 1.82) is 0 Å². The molecule has 0 radical (unpaired) electrons. The monoisotopic (exact) mass is 471 g/mol. The number of amides is 1. The van der Waals surface area contributed by atoms with Gasteiger partial charge in [0.2, 0.25) is 11.8 Å². The fourth-order valence-corrected chi connectivity index (χ4v) is 4.68. The number of hydrogen-bond donors (Lipinski definition) is 2. The first-order valence-corrected chi connectivity index (χ1v) is 11.5. The number of carbonyl (C=O) groups is 1. The van der Waals surface area contributed by atoms with Crippen LogP contribution in [0, 0.1) is 6.92 Å². The van der Waals surface area contributed by atoms with Gasteiger partial charge in [-0.15, -0.1) is 10.2 Å². The summed E-state index contributed by atoms with van der Waals surface area (Å²) in [5.74, 6) is 0.958. The lowest BCUT2D eigenvalue weighted by Gasteiger charge is -2.08. The van der Waals surface area contributed by atoms with Crippen molar-refractivity contribution < 1.29 is 17.9 Å². The number of aromatic nitrogens is 5. The van der Waals surface area contributed by atoms with E-state index in [4.69, 9.17) is 4.74 Å². The minimum absolute atomic E-state index is 0.0238. The Bertz CT molecular complexity index is 1350. The molecule has 0 atom stereocenters. The zero-order valence-corrected chi connectivity index (χ0v) is 18.5. The van der Waals surface area contributed by atoms with Gasteiger partial charge in [-0.3, -0.25) is 9.52 Å². The maximum atomic E-state index is 12.5. The van der Waals surface area contributed by atoms with Gasteiger partial charge in [-0.2, -0.15) is 5.10 Å². The van der Waals surface area contributed by atoms with Crippen molar-refractivity contribution >= 4 is 38.1 Å². The third-order valence-electron chi connectivity index (χ3n) is 3.94. The van der Waals surface area contributed by atoms with Crippen LogP contribution in [0.2, 0.25) is 0 Å². The van der Waals surface area contributed by atoms with Crippen LogP contribution < -0.4 is 14.8 Å². The van der Waals surface area contributed by atoms with E-state index in [-0.39, 0.29) is 21.1 Å². The van der Waals surface area contributed by atoms with Gasteiger partial charge in [-0.25, -0.2) is 18.1 Å². The number of ether oxygens (including phenoxy) is 1. The number of hydrogen-bond acceptors (Lipinski definition) is 9. The predicted molar refractivity (Wildman–Crippen MR) is 118 cm³/mol. The molecule has 0 aliphatic rings. The van der Waals surface area contributed by atoms with Crippen molar-refractivity contribution in [3.8, 4) is 17.4 Å². The van der Waals surface area contributed by atoms with Crippen molar-refractivity contribution in [2.75, 3.05) is 10.0 Å². The van der Waals surface area contributed by atoms with E-state index in [0.717, 1.165) is 17.0 Å². The number of sulfonamides is 1. The second-order valence-corrected chi connectivity index (χ2v) is 9.47. The summed E-state index contributed by atoms with van der Waals surface area (Å²) >= 11 is 0.854. The molecule has 0 spiro atoms. The topological polar surface area (TPSA) is 141 Å². The quantitative estimate of drug-likeness (QED) is 0.419. The van der Waals surface area contributed by atoms with E-state index in [0.29, 0.717) is 17.3 Å². The number of nitrogens with zero attached hydrogens (tertiary/aromatic N) is 5. The van der Waals surface area contributed by atoms with Crippen LogP contribution in [0.5, 0.6) is 11.6 Å². The van der Waals surface area contributed by atoms with E-state index in [1.54, 1.807) is 47.3 Å². The largest absolute Gasteiger partial charge is 0.438 e. The van der Waals surface area contributed by atoms with Crippen LogP contribution in [0.3, 0.4) is 0 Å². The number of nitrogens with one attached hydrogen (secondary N) is 2. The third-order valence-corrected chi connectivity index (χ3v) is 6.70. The molecule has 4 aromatic rings. The summed E-state index contributed by atoms with van der Waals surface area (Å²) in [6.45, 7) is 3.20. The van der Waals surface area contributed by atoms with Gasteiger partial charge < -0.3 is 10.1 Å². The standard InChI is InChI=1S/C19H17N7O4S2/c1-12-9-10-26(24-12)16-7-8-17(23-22-16)30-15-5-3-14(4-6-15)25-32(28,29)18-11-20-19(31-18)21-13(2)27/h3-11,25H,1-2H3,(H,20,21,27). The van der Waals surface area contributed by atoms with Crippen molar-refractivity contribution in [3.63, 3.8) is 0 Å². The molecule has 1 amide bonds. The van der Waals surface area contributed by atoms with Crippen LogP contribution in [-0.4, -0.2) is 39.3 Å². The van der Waals surface area contributed by atoms with Crippen LogP contribution in [0.1, 0.15) is 12.6 Å². The van der Waals surface area contributed by atoms with E-state index >= 15 is 0 Å². The second kappa shape index (κ2) is 8.72. The Kier molecular flexibility index (Phi) is 5.83. The summed E-state index contributed by atoms with van der Waals surface area (Å²) < 4.78 is 34.7. The predicted octanol–water partition coefficient (Wildman–Crippen LogP) is 2.98. The van der Waals surface area contributed by atoms with Crippen molar-refractivity contribution in [1.82, 2.24) is 25.0 Å². The molecule has 0 unspecified atom stereocenters. The number of benzene rings is 1. The minimum atomic E-state index is -3.85. The number of thiazole rings is 1. The van der Waals surface area contributed by atoms with Crippen LogP contribution in [0.25, 0.3) is 5.82 Å². The van der Waals surface area contributed by atoms with E-state index in [1.807, 2.05) is 13.0 Å². The summed E-state index contributed by atoms with van der Waals surface area (Å²) in [6.07, 6.45) is 2.97. The fraction of sp³-hybridized carbons (Fsp3) is 0.105. The number of anilines is 2. The normalized spacial score (nSPS) is 11.2. The van der Waals surface area contributed by atoms with Crippen LogP contribution >= 0.6 is 11.3 Å². The maximum absolute atomic E-state index is 12.5. The summed E-state index contributed by atoms with van der Waals surface area (Å²) in [5.41, 5.74) is 1.20. The van der Waals surface area contributed by atoms with E-state index in [2.05, 4.69) is 30.3 Å². The lowest BCUT2D eigenvalue weighted by Crippen LogP contribution is -2.11. The fourth-order valence-electron chi connectivity index (χ4n) is 2.54. The summed E-state index contributed by atoms with van der Waals surface area (Å²) in [5, 5.41) is 15.0. The molecular weight excluding hydrogens is 454 g/mol. The summed E-state index contributed by atoms with van der Waals surface area (Å²) in [6, 6.07) is 11.5. The number of carbonyl (C=O) groups excluding carboxylic acids is 1. The lowest BCUT2D eigenvalue weighted by atomic mass is 10.3. The van der Waals surface area contributed by atoms with Gasteiger partial charge in [-0.1, -0.05) is 11.3 Å². The Hall–Kier alpha value is -3.84. The number of rotatable bonds is 7. The molecular formula is C19H17N7O4S2. The molecule has 4 rings (SSSR count). The first-order valence-electron chi connectivity index (χ1n) is 9.19. The molecule has 13 heteroatoms. The summed E-state index contributed by atoms with van der Waals surface area (Å²) in [4.78, 5) is 15.0. The maximum Gasteiger partial charge on any atom is 0.273 e. The molecule has 0 fully saturated rings. The Morgan fingerprint density at radius 1 is 1.09 bits per heavy atom. The van der Waals surface area contributed by atoms with Crippen molar-refractivity contribution in [3.05, 3.63) is 60.6 Å². The average Bonchev–Trinajstić information content (AvgIpc) is 3.39. The third kappa shape index (κ3) is 5.07. The highest BCUT2D eigenvalue weighted by atomic mass is 32.2. The van der Waals surface area contributed by atoms with E-state index < -0.39 is 10.0 Å². The zero-order valence-electron chi connectivity index (χ0n) is 16.9. The Balaban J connectivity index is 1.40. The molecule has 164 valence electrons. The highest BCUT2D eigenvalue weighted by Gasteiger charge is 2.18. The van der Waals surface area contributed by atoms with Gasteiger partial charge in [-0.05, 0) is 43.3 Å². The SMILES string of the molecule is CC(=O)Nc1ncc(S(=O)(=O)Nc2ccc(Oc3ccc(-n4ccc(C)n4)nn3)cc2)s1. The van der Waals surface area contributed by atoms with Crippen LogP contribution in [-0.2, 0) is 14.8 Å². The van der Waals surface area contributed by atoms with Crippen molar-refractivity contribution in [2.24, 2.45) is 0 Å². The molecule has 3 heterocycles. The van der Waals surface area contributed by atoms with Gasteiger partial charge in [0.05, 0.1) is 11.9 Å². The molecule has 3 aromatic heterocycles. The van der Waals surface area contributed by atoms with Gasteiger partial charge >= 0.3 is 0 Å². The number of aryl methyl sites for hydroxylation is 1. The van der Waals surface area contributed by atoms with Gasteiger partial charge in [0.1, 0.15) is 5.75 Å². The molecule has 0 aliphatic heterocycles. The molecule has 0 bridgehead atoms.